The Balaban J connectivity index is 2.01. The number of carboxylic acids is 1. The molecule has 0 aliphatic heterocycles. The van der Waals surface area contributed by atoms with Crippen LogP contribution >= 0.6 is 12.2 Å². The lowest BCUT2D eigenvalue weighted by Crippen LogP contribution is -2.25. The molecule has 116 valence electrons. The zero-order valence-electron chi connectivity index (χ0n) is 12.1. The summed E-state index contributed by atoms with van der Waals surface area (Å²) in [5.41, 5.74) is 1.29. The molecule has 3 rings (SSSR count). The summed E-state index contributed by atoms with van der Waals surface area (Å²) in [6, 6.07) is 14.0. The third-order valence-electron chi connectivity index (χ3n) is 3.68. The molecule has 0 unspecified atom stereocenters. The molecule has 3 aromatic rings. The van der Waals surface area contributed by atoms with Crippen molar-refractivity contribution in [1.29, 1.82) is 0 Å². The van der Waals surface area contributed by atoms with E-state index in [0.717, 1.165) is 5.56 Å². The number of benzene rings is 2. The predicted octanol–water partition coefficient (Wildman–Crippen LogP) is 1.67. The predicted molar refractivity (Wildman–Crippen MR) is 87.9 cm³/mol. The topological polar surface area (TPSA) is 77.9 Å². The van der Waals surface area contributed by atoms with Gasteiger partial charge in [0.25, 0.3) is 5.56 Å². The van der Waals surface area contributed by atoms with Crippen LogP contribution in [0.15, 0.2) is 53.3 Å². The van der Waals surface area contributed by atoms with Gasteiger partial charge in [0.05, 0.1) is 16.9 Å². The van der Waals surface area contributed by atoms with E-state index in [0.29, 0.717) is 23.9 Å². The van der Waals surface area contributed by atoms with Crippen molar-refractivity contribution in [3.05, 3.63) is 74.8 Å². The molecule has 2 aromatic carbocycles. The number of aromatic carboxylic acids is 1. The third-order valence-corrected chi connectivity index (χ3v) is 4.01. The molecule has 23 heavy (non-hydrogen) atoms. The third kappa shape index (κ3) is 3.07. The standard InChI is InChI=1S/C17H14N2O3S/c20-15-13-7-6-12(16(21)22)10-14(13)18-17(23)19(15)9-8-11-4-2-1-3-5-11/h1-7,10H,8-9H2,(H,18,23)(H,21,22)/p-1. The second-order valence-electron chi connectivity index (χ2n) is 5.17. The molecule has 0 radical (unpaired) electrons. The van der Waals surface area contributed by atoms with Crippen molar-refractivity contribution in [2.24, 2.45) is 0 Å². The SMILES string of the molecule is O=C([O-])c1ccc2c(=O)n(CCc3ccccc3)c(=S)[nH]c2c1. The van der Waals surface area contributed by atoms with Crippen LogP contribution in [0.5, 0.6) is 0 Å². The van der Waals surface area contributed by atoms with Crippen LogP contribution in [0.3, 0.4) is 0 Å². The lowest BCUT2D eigenvalue weighted by molar-refractivity contribution is -0.255. The van der Waals surface area contributed by atoms with Gasteiger partial charge >= 0.3 is 0 Å². The number of rotatable bonds is 4. The molecular formula is C17H13N2O3S-. The van der Waals surface area contributed by atoms with Crippen LogP contribution in [0, 0.1) is 4.77 Å². The number of aromatic nitrogens is 2. The first-order valence-electron chi connectivity index (χ1n) is 7.08. The van der Waals surface area contributed by atoms with E-state index >= 15 is 0 Å². The molecule has 0 saturated heterocycles. The van der Waals surface area contributed by atoms with E-state index in [1.165, 1.54) is 22.8 Å². The quantitative estimate of drug-likeness (QED) is 0.740. The largest absolute Gasteiger partial charge is 0.545 e. The van der Waals surface area contributed by atoms with Gasteiger partial charge < -0.3 is 14.9 Å². The zero-order valence-corrected chi connectivity index (χ0v) is 12.9. The molecule has 0 spiro atoms. The fraction of sp³-hybridized carbons (Fsp3) is 0.118. The minimum atomic E-state index is -1.29. The first-order chi connectivity index (χ1) is 11.1. The van der Waals surface area contributed by atoms with Crippen molar-refractivity contribution in [2.45, 2.75) is 13.0 Å². The monoisotopic (exact) mass is 325 g/mol. The maximum absolute atomic E-state index is 12.6. The van der Waals surface area contributed by atoms with E-state index in [2.05, 4.69) is 4.98 Å². The molecule has 0 atom stereocenters. The summed E-state index contributed by atoms with van der Waals surface area (Å²) in [5.74, 6) is -1.29. The highest BCUT2D eigenvalue weighted by molar-refractivity contribution is 7.71. The Kier molecular flexibility index (Phi) is 4.08. The molecule has 0 aliphatic rings. The van der Waals surface area contributed by atoms with Crippen molar-refractivity contribution in [3.8, 4) is 0 Å². The fourth-order valence-electron chi connectivity index (χ4n) is 2.47. The highest BCUT2D eigenvalue weighted by atomic mass is 32.1. The molecule has 0 bridgehead atoms. The Hall–Kier alpha value is -2.73. The van der Waals surface area contributed by atoms with Crippen molar-refractivity contribution in [2.75, 3.05) is 0 Å². The van der Waals surface area contributed by atoms with Gasteiger partial charge in [0.1, 0.15) is 0 Å². The van der Waals surface area contributed by atoms with Crippen molar-refractivity contribution >= 4 is 29.1 Å². The number of fused-ring (bicyclic) bond motifs is 1. The molecule has 1 aromatic heterocycles. The smallest absolute Gasteiger partial charge is 0.262 e. The number of nitrogens with zero attached hydrogens (tertiary/aromatic N) is 1. The summed E-state index contributed by atoms with van der Waals surface area (Å²) in [4.78, 5) is 26.4. The first kappa shape index (κ1) is 15.2. The molecule has 0 saturated carbocycles. The Bertz CT molecular complexity index is 990. The van der Waals surface area contributed by atoms with Gasteiger partial charge in [-0.1, -0.05) is 36.4 Å². The average Bonchev–Trinajstić information content (AvgIpc) is 2.55. The summed E-state index contributed by atoms with van der Waals surface area (Å²) in [6.45, 7) is 0.455. The van der Waals surface area contributed by atoms with Crippen molar-refractivity contribution < 1.29 is 9.90 Å². The maximum atomic E-state index is 12.6. The van der Waals surface area contributed by atoms with Crippen LogP contribution in [0.2, 0.25) is 0 Å². The summed E-state index contributed by atoms with van der Waals surface area (Å²) >= 11 is 5.24. The second-order valence-corrected chi connectivity index (χ2v) is 5.56. The van der Waals surface area contributed by atoms with Gasteiger partial charge in [0.15, 0.2) is 4.77 Å². The minimum Gasteiger partial charge on any atom is -0.545 e. The molecule has 5 nitrogen and oxygen atoms in total. The van der Waals surface area contributed by atoms with E-state index in [1.807, 2.05) is 30.3 Å². The number of carboxylic acid groups (broad SMARTS) is 1. The molecule has 0 amide bonds. The van der Waals surface area contributed by atoms with E-state index in [1.54, 1.807) is 0 Å². The Morgan fingerprint density at radius 1 is 1.17 bits per heavy atom. The number of aryl methyl sites for hydroxylation is 1. The molecular weight excluding hydrogens is 312 g/mol. The van der Waals surface area contributed by atoms with Gasteiger partial charge in [0, 0.05) is 6.54 Å². The Morgan fingerprint density at radius 3 is 2.61 bits per heavy atom. The summed E-state index contributed by atoms with van der Waals surface area (Å²) in [5, 5.41) is 11.3. The summed E-state index contributed by atoms with van der Waals surface area (Å²) in [6.07, 6.45) is 0.681. The number of carbonyl (C=O) groups excluding carboxylic acids is 1. The van der Waals surface area contributed by atoms with Crippen LogP contribution in [-0.4, -0.2) is 15.5 Å². The van der Waals surface area contributed by atoms with Gasteiger partial charge in [-0.2, -0.15) is 0 Å². The number of nitrogens with one attached hydrogen (secondary N) is 1. The second kappa shape index (κ2) is 6.18. The van der Waals surface area contributed by atoms with Gasteiger partial charge in [-0.05, 0) is 41.9 Å². The van der Waals surface area contributed by atoms with Gasteiger partial charge in [0.2, 0.25) is 0 Å². The van der Waals surface area contributed by atoms with Gasteiger partial charge in [-0.3, -0.25) is 9.36 Å². The number of hydrogen-bond acceptors (Lipinski definition) is 4. The highest BCUT2D eigenvalue weighted by Crippen LogP contribution is 2.11. The van der Waals surface area contributed by atoms with Crippen LogP contribution < -0.4 is 10.7 Å². The summed E-state index contributed by atoms with van der Waals surface area (Å²) in [7, 11) is 0. The maximum Gasteiger partial charge on any atom is 0.262 e. The van der Waals surface area contributed by atoms with E-state index in [4.69, 9.17) is 12.2 Å². The minimum absolute atomic E-state index is 0.00425. The highest BCUT2D eigenvalue weighted by Gasteiger charge is 2.07. The fourth-order valence-corrected chi connectivity index (χ4v) is 2.75. The average molecular weight is 325 g/mol. The number of hydrogen-bond donors (Lipinski definition) is 1. The van der Waals surface area contributed by atoms with E-state index in [9.17, 15) is 14.7 Å². The lowest BCUT2D eigenvalue weighted by atomic mass is 10.1. The Morgan fingerprint density at radius 2 is 1.91 bits per heavy atom. The van der Waals surface area contributed by atoms with E-state index < -0.39 is 5.97 Å². The van der Waals surface area contributed by atoms with Crippen LogP contribution in [0.25, 0.3) is 10.9 Å². The Labute approximate surface area is 136 Å². The van der Waals surface area contributed by atoms with E-state index in [-0.39, 0.29) is 15.9 Å². The van der Waals surface area contributed by atoms with Gasteiger partial charge in [-0.15, -0.1) is 0 Å². The molecule has 6 heteroatoms. The molecule has 1 heterocycles. The molecule has 0 aliphatic carbocycles. The zero-order chi connectivity index (χ0) is 16.4. The van der Waals surface area contributed by atoms with Crippen molar-refractivity contribution in [1.82, 2.24) is 9.55 Å². The lowest BCUT2D eigenvalue weighted by Gasteiger charge is -2.09. The summed E-state index contributed by atoms with van der Waals surface area (Å²) < 4.78 is 1.76. The van der Waals surface area contributed by atoms with Gasteiger partial charge in [-0.25, -0.2) is 0 Å². The van der Waals surface area contributed by atoms with Crippen molar-refractivity contribution in [3.63, 3.8) is 0 Å². The number of aromatic amines is 1. The van der Waals surface area contributed by atoms with Crippen LogP contribution in [0.1, 0.15) is 15.9 Å². The number of H-pyrrole nitrogens is 1. The molecule has 0 fully saturated rings. The normalized spacial score (nSPS) is 10.8. The number of carbonyl (C=O) groups is 1. The molecule has 1 N–H and O–H groups in total. The van der Waals surface area contributed by atoms with Crippen LogP contribution in [0.4, 0.5) is 0 Å². The van der Waals surface area contributed by atoms with Crippen LogP contribution in [-0.2, 0) is 13.0 Å². The first-order valence-corrected chi connectivity index (χ1v) is 7.49.